The predicted octanol–water partition coefficient (Wildman–Crippen LogP) is 9.23. The third-order valence-electron chi connectivity index (χ3n) is 7.80. The smallest absolute Gasteiger partial charge is 0.493 e. The molecule has 2 aliphatic rings. The molecule has 1 aromatic heterocycles. The van der Waals surface area contributed by atoms with Gasteiger partial charge in [-0.15, -0.1) is 65.0 Å². The Morgan fingerprint density at radius 2 is 1.51 bits per heavy atom. The SMILES string of the molecule is CC1(C)c2cccc3c2N([CH-]N3c2ccccc2)c2[c-]cc3ccccc3c21.[Ir+3].[c-]1ccccc1-c1ccccn1. The van der Waals surface area contributed by atoms with E-state index in [4.69, 9.17) is 0 Å². The minimum Gasteiger partial charge on any atom is -0.493 e. The molecular weight excluding hydrogens is 679 g/mol. The molecule has 0 bridgehead atoms. The van der Waals surface area contributed by atoms with Crippen molar-refractivity contribution in [1.29, 1.82) is 0 Å². The van der Waals surface area contributed by atoms with Crippen LogP contribution in [0.4, 0.5) is 22.7 Å². The van der Waals surface area contributed by atoms with Crippen LogP contribution < -0.4 is 9.80 Å². The molecule has 3 heterocycles. The number of nitrogens with zero attached hydrogens (tertiary/aromatic N) is 3. The molecule has 0 unspecified atom stereocenters. The first-order valence-corrected chi connectivity index (χ1v) is 13.6. The number of aromatic nitrogens is 1. The molecule has 0 saturated carbocycles. The van der Waals surface area contributed by atoms with Crippen molar-refractivity contribution in [2.45, 2.75) is 19.3 Å². The van der Waals surface area contributed by atoms with Crippen LogP contribution in [0.5, 0.6) is 0 Å². The zero-order chi connectivity index (χ0) is 27.1. The van der Waals surface area contributed by atoms with E-state index in [-0.39, 0.29) is 25.5 Å². The average molecular weight is 707 g/mol. The molecule has 4 heteroatoms. The van der Waals surface area contributed by atoms with Crippen molar-refractivity contribution in [3.05, 3.63) is 157 Å². The van der Waals surface area contributed by atoms with E-state index in [9.17, 15) is 0 Å². The summed E-state index contributed by atoms with van der Waals surface area (Å²) in [5.74, 6) is 0. The van der Waals surface area contributed by atoms with Gasteiger partial charge in [0.1, 0.15) is 0 Å². The van der Waals surface area contributed by atoms with E-state index in [0.717, 1.165) is 16.9 Å². The molecule has 0 N–H and O–H groups in total. The van der Waals surface area contributed by atoms with E-state index in [1.54, 1.807) is 6.20 Å². The molecule has 200 valence electrons. The molecule has 6 aromatic rings. The van der Waals surface area contributed by atoms with Gasteiger partial charge >= 0.3 is 20.1 Å². The topological polar surface area (TPSA) is 19.4 Å². The number of hydrogen-bond donors (Lipinski definition) is 0. The van der Waals surface area contributed by atoms with Gasteiger partial charge in [-0.2, -0.15) is 12.1 Å². The standard InChI is InChI=1S/C26H20N2.C11H8N.Ir/c1-26(2)21-13-8-14-23-25(21)28(17-27(23)19-10-4-3-5-11-19)22-16-15-18-9-6-7-12-20(18)24(22)26;1-2-6-10(7-3-1)11-8-4-5-9-12-11;/h3-15,17H,1-2H3;1-6,8-9H;/q-2;-1;+3. The minimum absolute atomic E-state index is 0. The van der Waals surface area contributed by atoms with Crippen LogP contribution in [0.3, 0.4) is 0 Å². The molecule has 0 saturated heterocycles. The van der Waals surface area contributed by atoms with Gasteiger partial charge in [0.05, 0.1) is 0 Å². The van der Waals surface area contributed by atoms with Crippen LogP contribution in [-0.4, -0.2) is 4.98 Å². The maximum absolute atomic E-state index is 4.22. The number of anilines is 4. The Hall–Kier alpha value is -4.24. The van der Waals surface area contributed by atoms with E-state index in [1.807, 2.05) is 42.5 Å². The number of rotatable bonds is 2. The summed E-state index contributed by atoms with van der Waals surface area (Å²) in [6, 6.07) is 48.4. The van der Waals surface area contributed by atoms with Crippen molar-refractivity contribution in [2.75, 3.05) is 9.80 Å². The Labute approximate surface area is 255 Å². The van der Waals surface area contributed by atoms with Gasteiger partial charge in [-0.1, -0.05) is 80.2 Å². The molecule has 8 rings (SSSR count). The molecule has 0 fully saturated rings. The van der Waals surface area contributed by atoms with Crippen LogP contribution in [0.15, 0.2) is 128 Å². The fraction of sp³-hybridized carbons (Fsp3) is 0.0811. The second-order valence-corrected chi connectivity index (χ2v) is 10.6. The summed E-state index contributed by atoms with van der Waals surface area (Å²) >= 11 is 0. The third-order valence-corrected chi connectivity index (χ3v) is 7.80. The first kappa shape index (κ1) is 27.0. The quantitative estimate of drug-likeness (QED) is 0.168. The molecule has 0 spiro atoms. The van der Waals surface area contributed by atoms with Crippen LogP contribution in [0.1, 0.15) is 25.0 Å². The van der Waals surface area contributed by atoms with E-state index in [0.29, 0.717) is 0 Å². The van der Waals surface area contributed by atoms with Crippen molar-refractivity contribution in [3.8, 4) is 11.3 Å². The molecule has 2 aliphatic heterocycles. The summed E-state index contributed by atoms with van der Waals surface area (Å²) in [6.45, 7) is 6.89. The van der Waals surface area contributed by atoms with E-state index in [2.05, 4.69) is 126 Å². The zero-order valence-corrected chi connectivity index (χ0v) is 25.3. The van der Waals surface area contributed by atoms with Gasteiger partial charge in [-0.05, 0) is 40.9 Å². The second kappa shape index (κ2) is 11.0. The minimum atomic E-state index is -0.102. The summed E-state index contributed by atoms with van der Waals surface area (Å²) in [4.78, 5) is 8.83. The molecule has 0 atom stereocenters. The average Bonchev–Trinajstić information content (AvgIpc) is 3.41. The van der Waals surface area contributed by atoms with Gasteiger partial charge in [-0.25, -0.2) is 0 Å². The van der Waals surface area contributed by atoms with Crippen LogP contribution in [0.25, 0.3) is 22.0 Å². The van der Waals surface area contributed by atoms with E-state index in [1.165, 1.54) is 39.0 Å². The van der Waals surface area contributed by atoms with Crippen LogP contribution in [-0.2, 0) is 25.5 Å². The fourth-order valence-electron chi connectivity index (χ4n) is 5.91. The van der Waals surface area contributed by atoms with Crippen molar-refractivity contribution in [3.63, 3.8) is 0 Å². The van der Waals surface area contributed by atoms with Crippen LogP contribution in [0, 0.1) is 18.8 Å². The Bertz CT molecular complexity index is 1760. The molecule has 0 radical (unpaired) electrons. The van der Waals surface area contributed by atoms with Gasteiger partial charge in [0.25, 0.3) is 0 Å². The summed E-state index contributed by atoms with van der Waals surface area (Å²) in [6.07, 6.45) is 1.79. The molecule has 5 aromatic carbocycles. The summed E-state index contributed by atoms with van der Waals surface area (Å²) in [5.41, 5.74) is 9.44. The van der Waals surface area contributed by atoms with Crippen molar-refractivity contribution in [1.82, 2.24) is 4.98 Å². The van der Waals surface area contributed by atoms with Crippen molar-refractivity contribution >= 4 is 33.5 Å². The Morgan fingerprint density at radius 1 is 0.732 bits per heavy atom. The van der Waals surface area contributed by atoms with E-state index >= 15 is 0 Å². The largest absolute Gasteiger partial charge is 3.00 e. The predicted molar refractivity (Wildman–Crippen MR) is 165 cm³/mol. The van der Waals surface area contributed by atoms with Gasteiger partial charge < -0.3 is 14.8 Å². The number of fused-ring (bicyclic) bond motifs is 4. The van der Waals surface area contributed by atoms with Crippen molar-refractivity contribution < 1.29 is 20.1 Å². The fourth-order valence-corrected chi connectivity index (χ4v) is 5.91. The molecule has 0 aliphatic carbocycles. The molecular formula is C37H28IrN3. The number of para-hydroxylation sites is 2. The maximum Gasteiger partial charge on any atom is 3.00 e. The van der Waals surface area contributed by atoms with Gasteiger partial charge in [0.2, 0.25) is 0 Å². The summed E-state index contributed by atoms with van der Waals surface area (Å²) < 4.78 is 0. The first-order valence-electron chi connectivity index (χ1n) is 13.6. The molecule has 3 nitrogen and oxygen atoms in total. The number of benzene rings is 5. The third kappa shape index (κ3) is 4.64. The molecule has 0 amide bonds. The first-order chi connectivity index (χ1) is 19.6. The summed E-state index contributed by atoms with van der Waals surface area (Å²) in [7, 11) is 0. The van der Waals surface area contributed by atoms with E-state index < -0.39 is 0 Å². The molecule has 41 heavy (non-hydrogen) atoms. The van der Waals surface area contributed by atoms with Crippen LogP contribution >= 0.6 is 0 Å². The number of hydrogen-bond acceptors (Lipinski definition) is 3. The maximum atomic E-state index is 4.22. The number of pyridine rings is 1. The second-order valence-electron chi connectivity index (χ2n) is 10.6. The van der Waals surface area contributed by atoms with Gasteiger partial charge in [0.15, 0.2) is 0 Å². The zero-order valence-electron chi connectivity index (χ0n) is 22.9. The Kier molecular flexibility index (Phi) is 7.21. The van der Waals surface area contributed by atoms with Gasteiger partial charge in [-0.3, -0.25) is 0 Å². The Morgan fingerprint density at radius 3 is 2.29 bits per heavy atom. The monoisotopic (exact) mass is 707 g/mol. The van der Waals surface area contributed by atoms with Gasteiger partial charge in [0, 0.05) is 23.3 Å². The summed E-state index contributed by atoms with van der Waals surface area (Å²) in [5, 5.41) is 2.55. The Balaban J connectivity index is 0.000000196. The normalized spacial score (nSPS) is 13.9. The van der Waals surface area contributed by atoms with Crippen LogP contribution in [0.2, 0.25) is 0 Å². The van der Waals surface area contributed by atoms with Crippen molar-refractivity contribution in [2.24, 2.45) is 0 Å².